The summed E-state index contributed by atoms with van der Waals surface area (Å²) in [5.74, 6) is -1.87. The lowest BCUT2D eigenvalue weighted by Crippen LogP contribution is -2.35. The molecule has 0 aromatic heterocycles. The van der Waals surface area contributed by atoms with Crippen LogP contribution in [-0.2, 0) is 4.79 Å². The zero-order valence-electron chi connectivity index (χ0n) is 11.9. The molecule has 0 saturated carbocycles. The van der Waals surface area contributed by atoms with Crippen LogP contribution in [0.15, 0.2) is 53.6 Å². The van der Waals surface area contributed by atoms with Gasteiger partial charge in [-0.05, 0) is 18.2 Å². The van der Waals surface area contributed by atoms with Gasteiger partial charge < -0.3 is 5.32 Å². The fraction of sp³-hybridized carbons (Fsp3) is 0.0625. The average Bonchev–Trinajstić information content (AvgIpc) is 2.55. The van der Waals surface area contributed by atoms with Crippen molar-refractivity contribution in [1.29, 1.82) is 0 Å². The van der Waals surface area contributed by atoms with E-state index in [1.54, 1.807) is 24.3 Å². The van der Waals surface area contributed by atoms with Crippen molar-refractivity contribution in [2.45, 2.75) is 0 Å². The second-order valence-electron chi connectivity index (χ2n) is 4.48. The summed E-state index contributed by atoms with van der Waals surface area (Å²) in [6.07, 6.45) is 1.39. The summed E-state index contributed by atoms with van der Waals surface area (Å²) in [6.45, 7) is -0.326. The Labute approximate surface area is 137 Å². The van der Waals surface area contributed by atoms with E-state index in [-0.39, 0.29) is 12.1 Å². The van der Waals surface area contributed by atoms with E-state index < -0.39 is 17.6 Å². The zero-order chi connectivity index (χ0) is 16.7. The maximum Gasteiger partial charge on any atom is 0.259 e. The Morgan fingerprint density at radius 1 is 1.13 bits per heavy atom. The fourth-order valence-corrected chi connectivity index (χ4v) is 1.88. The molecule has 2 aromatic rings. The van der Waals surface area contributed by atoms with Crippen LogP contribution in [-0.4, -0.2) is 24.6 Å². The summed E-state index contributed by atoms with van der Waals surface area (Å²) in [7, 11) is 0. The number of carbonyl (C=O) groups excluding carboxylic acids is 2. The molecule has 0 aliphatic rings. The van der Waals surface area contributed by atoms with Crippen LogP contribution in [0.1, 0.15) is 15.9 Å². The standard InChI is InChI=1S/C16H13ClFN3O2/c17-13-7-3-1-5-11(13)9-20-21-15(22)10-19-16(23)12-6-2-4-8-14(12)18/h1-9H,10H2,(H,19,23)(H,21,22). The van der Waals surface area contributed by atoms with Gasteiger partial charge in [0.05, 0.1) is 18.3 Å². The zero-order valence-corrected chi connectivity index (χ0v) is 12.7. The number of rotatable bonds is 5. The minimum atomic E-state index is -0.673. The SMILES string of the molecule is O=C(CNC(=O)c1ccccc1F)NN=Cc1ccccc1Cl. The first-order valence-electron chi connectivity index (χ1n) is 6.67. The molecule has 0 radical (unpaired) electrons. The fourth-order valence-electron chi connectivity index (χ4n) is 1.69. The van der Waals surface area contributed by atoms with E-state index in [9.17, 15) is 14.0 Å². The Kier molecular flexibility index (Phi) is 5.82. The lowest BCUT2D eigenvalue weighted by atomic mass is 10.2. The largest absolute Gasteiger partial charge is 0.343 e. The molecule has 0 fully saturated rings. The van der Waals surface area contributed by atoms with E-state index in [1.165, 1.54) is 30.5 Å². The highest BCUT2D eigenvalue weighted by Crippen LogP contribution is 2.12. The van der Waals surface area contributed by atoms with Crippen LogP contribution in [0, 0.1) is 5.82 Å². The lowest BCUT2D eigenvalue weighted by Gasteiger charge is -2.05. The van der Waals surface area contributed by atoms with Crippen LogP contribution in [0.3, 0.4) is 0 Å². The van der Waals surface area contributed by atoms with Crippen molar-refractivity contribution in [1.82, 2.24) is 10.7 Å². The van der Waals surface area contributed by atoms with Crippen LogP contribution in [0.4, 0.5) is 4.39 Å². The van der Waals surface area contributed by atoms with Crippen LogP contribution in [0.25, 0.3) is 0 Å². The van der Waals surface area contributed by atoms with Crippen molar-refractivity contribution in [3.8, 4) is 0 Å². The van der Waals surface area contributed by atoms with Crippen LogP contribution >= 0.6 is 11.6 Å². The quantitative estimate of drug-likeness (QED) is 0.651. The lowest BCUT2D eigenvalue weighted by molar-refractivity contribution is -0.120. The molecule has 2 amide bonds. The summed E-state index contributed by atoms with van der Waals surface area (Å²) < 4.78 is 13.4. The monoisotopic (exact) mass is 333 g/mol. The molecule has 0 atom stereocenters. The van der Waals surface area contributed by atoms with Gasteiger partial charge in [-0.2, -0.15) is 5.10 Å². The molecule has 0 spiro atoms. The van der Waals surface area contributed by atoms with Gasteiger partial charge in [0.1, 0.15) is 5.82 Å². The number of nitrogens with zero attached hydrogens (tertiary/aromatic N) is 1. The predicted molar refractivity (Wildman–Crippen MR) is 85.9 cm³/mol. The van der Waals surface area contributed by atoms with Crippen molar-refractivity contribution >= 4 is 29.6 Å². The number of carbonyl (C=O) groups is 2. The van der Waals surface area contributed by atoms with Crippen molar-refractivity contribution in [2.24, 2.45) is 5.10 Å². The smallest absolute Gasteiger partial charge is 0.259 e. The number of hydrogen-bond donors (Lipinski definition) is 2. The molecule has 2 rings (SSSR count). The van der Waals surface area contributed by atoms with Gasteiger partial charge in [0, 0.05) is 10.6 Å². The van der Waals surface area contributed by atoms with E-state index in [0.29, 0.717) is 10.6 Å². The second-order valence-corrected chi connectivity index (χ2v) is 4.88. The summed E-state index contributed by atoms with van der Waals surface area (Å²) in [6, 6.07) is 12.5. The van der Waals surface area contributed by atoms with Gasteiger partial charge in [-0.15, -0.1) is 0 Å². The minimum absolute atomic E-state index is 0.125. The van der Waals surface area contributed by atoms with Crippen LogP contribution < -0.4 is 10.7 Å². The Morgan fingerprint density at radius 3 is 2.57 bits per heavy atom. The van der Waals surface area contributed by atoms with E-state index in [0.717, 1.165) is 0 Å². The molecule has 0 unspecified atom stereocenters. The summed E-state index contributed by atoms with van der Waals surface area (Å²) >= 11 is 5.93. The average molecular weight is 334 g/mol. The highest BCUT2D eigenvalue weighted by molar-refractivity contribution is 6.33. The van der Waals surface area contributed by atoms with Crippen LogP contribution in [0.5, 0.6) is 0 Å². The van der Waals surface area contributed by atoms with Gasteiger partial charge in [-0.3, -0.25) is 9.59 Å². The minimum Gasteiger partial charge on any atom is -0.343 e. The molecule has 2 aromatic carbocycles. The molecule has 0 saturated heterocycles. The molecule has 2 N–H and O–H groups in total. The molecule has 0 aliphatic carbocycles. The first-order chi connectivity index (χ1) is 11.1. The topological polar surface area (TPSA) is 70.6 Å². The second kappa shape index (κ2) is 8.05. The third-order valence-electron chi connectivity index (χ3n) is 2.83. The maximum absolute atomic E-state index is 13.4. The Balaban J connectivity index is 1.83. The van der Waals surface area contributed by atoms with E-state index in [1.807, 2.05) is 0 Å². The van der Waals surface area contributed by atoms with Gasteiger partial charge in [-0.25, -0.2) is 9.82 Å². The molecule has 0 bridgehead atoms. The Morgan fingerprint density at radius 2 is 1.83 bits per heavy atom. The third kappa shape index (κ3) is 4.89. The van der Waals surface area contributed by atoms with Gasteiger partial charge in [-0.1, -0.05) is 41.9 Å². The molecular weight excluding hydrogens is 321 g/mol. The first kappa shape index (κ1) is 16.6. The van der Waals surface area contributed by atoms with E-state index in [4.69, 9.17) is 11.6 Å². The van der Waals surface area contributed by atoms with Gasteiger partial charge >= 0.3 is 0 Å². The molecule has 23 heavy (non-hydrogen) atoms. The molecule has 7 heteroatoms. The molecule has 0 heterocycles. The Hall–Kier alpha value is -2.73. The van der Waals surface area contributed by atoms with Crippen molar-refractivity contribution in [2.75, 3.05) is 6.54 Å². The highest BCUT2D eigenvalue weighted by atomic mass is 35.5. The Bertz CT molecular complexity index is 750. The maximum atomic E-state index is 13.4. The van der Waals surface area contributed by atoms with E-state index in [2.05, 4.69) is 15.8 Å². The molecular formula is C16H13ClFN3O2. The molecule has 5 nitrogen and oxygen atoms in total. The van der Waals surface area contributed by atoms with Crippen molar-refractivity contribution < 1.29 is 14.0 Å². The van der Waals surface area contributed by atoms with E-state index >= 15 is 0 Å². The molecule has 0 aliphatic heterocycles. The molecule has 118 valence electrons. The van der Waals surface area contributed by atoms with Gasteiger partial charge in [0.2, 0.25) is 0 Å². The van der Waals surface area contributed by atoms with Crippen molar-refractivity contribution in [3.05, 3.63) is 70.5 Å². The van der Waals surface area contributed by atoms with Gasteiger partial charge in [0.15, 0.2) is 0 Å². The number of hydrogen-bond acceptors (Lipinski definition) is 3. The number of halogens is 2. The number of benzene rings is 2. The van der Waals surface area contributed by atoms with Gasteiger partial charge in [0.25, 0.3) is 11.8 Å². The third-order valence-corrected chi connectivity index (χ3v) is 3.17. The number of hydrazone groups is 1. The van der Waals surface area contributed by atoms with Crippen molar-refractivity contribution in [3.63, 3.8) is 0 Å². The first-order valence-corrected chi connectivity index (χ1v) is 7.05. The number of amides is 2. The predicted octanol–water partition coefficient (Wildman–Crippen LogP) is 2.36. The summed E-state index contributed by atoms with van der Waals surface area (Å²) in [5, 5.41) is 6.54. The summed E-state index contributed by atoms with van der Waals surface area (Å²) in [4.78, 5) is 23.3. The number of nitrogens with one attached hydrogen (secondary N) is 2. The van der Waals surface area contributed by atoms with Crippen LogP contribution in [0.2, 0.25) is 5.02 Å². The normalized spacial score (nSPS) is 10.5. The summed E-state index contributed by atoms with van der Waals surface area (Å²) in [5.41, 5.74) is 2.76. The highest BCUT2D eigenvalue weighted by Gasteiger charge is 2.11.